The highest BCUT2D eigenvalue weighted by Gasteiger charge is 2.11. The quantitative estimate of drug-likeness (QED) is 0.467. The van der Waals surface area contributed by atoms with Crippen molar-refractivity contribution in [1.29, 1.82) is 0 Å². The Kier molecular flexibility index (Phi) is 5.86. The summed E-state index contributed by atoms with van der Waals surface area (Å²) in [6, 6.07) is 9.47. The van der Waals surface area contributed by atoms with Crippen LogP contribution in [0.4, 0.5) is 0 Å². The first-order chi connectivity index (χ1) is 7.79. The first-order valence-electron chi connectivity index (χ1n) is 5.32. The fraction of sp³-hybridized carbons (Fsp3) is 0.308. The van der Waals surface area contributed by atoms with E-state index in [-0.39, 0.29) is 5.97 Å². The number of hydrogen-bond donors (Lipinski definition) is 0. The van der Waals surface area contributed by atoms with Crippen molar-refractivity contribution in [2.45, 2.75) is 19.8 Å². The van der Waals surface area contributed by atoms with Crippen molar-refractivity contribution < 1.29 is 9.53 Å². The predicted molar refractivity (Wildman–Crippen MR) is 69.2 cm³/mol. The molecule has 0 aliphatic carbocycles. The van der Waals surface area contributed by atoms with Gasteiger partial charge in [0.2, 0.25) is 0 Å². The number of halogens is 1. The van der Waals surface area contributed by atoms with Gasteiger partial charge in [-0.1, -0.05) is 59.6 Å². The summed E-state index contributed by atoms with van der Waals surface area (Å²) in [6.07, 6.45) is 1.92. The van der Waals surface area contributed by atoms with Crippen LogP contribution in [0.3, 0.4) is 0 Å². The lowest BCUT2D eigenvalue weighted by molar-refractivity contribution is -0.136. The molecule has 86 valence electrons. The van der Waals surface area contributed by atoms with Gasteiger partial charge in [0.25, 0.3) is 0 Å². The Morgan fingerprint density at radius 2 is 2.06 bits per heavy atom. The second kappa shape index (κ2) is 7.23. The number of ether oxygens (including phenoxy) is 1. The van der Waals surface area contributed by atoms with Crippen molar-refractivity contribution in [3.05, 3.63) is 40.9 Å². The topological polar surface area (TPSA) is 26.3 Å². The molecule has 1 aromatic carbocycles. The molecule has 1 rings (SSSR count). The van der Waals surface area contributed by atoms with Gasteiger partial charge in [0.05, 0.1) is 12.2 Å². The fourth-order valence-electron chi connectivity index (χ4n) is 1.23. The number of rotatable bonds is 5. The Labute approximate surface area is 104 Å². The van der Waals surface area contributed by atoms with Gasteiger partial charge in [-0.2, -0.15) is 0 Å². The number of esters is 1. The third-order valence-electron chi connectivity index (χ3n) is 2.14. The van der Waals surface area contributed by atoms with E-state index in [1.54, 1.807) is 4.99 Å². The number of carbonyl (C=O) groups is 1. The van der Waals surface area contributed by atoms with E-state index in [2.05, 4.69) is 22.9 Å². The highest BCUT2D eigenvalue weighted by molar-refractivity contribution is 9.11. The number of hydrogen-bond acceptors (Lipinski definition) is 2. The van der Waals surface area contributed by atoms with Crippen molar-refractivity contribution in [2.75, 3.05) is 6.61 Å². The summed E-state index contributed by atoms with van der Waals surface area (Å²) in [4.78, 5) is 13.3. The lowest BCUT2D eigenvalue weighted by atomic mass is 10.1. The van der Waals surface area contributed by atoms with Crippen molar-refractivity contribution in [2.24, 2.45) is 0 Å². The molecule has 1 aromatic rings. The van der Waals surface area contributed by atoms with Crippen LogP contribution in [-0.2, 0) is 9.53 Å². The molecule has 3 heteroatoms. The molecule has 0 heterocycles. The zero-order valence-electron chi connectivity index (χ0n) is 9.28. The van der Waals surface area contributed by atoms with Crippen LogP contribution in [0.1, 0.15) is 25.3 Å². The SMILES string of the molecule is CCCCOC(=O)C(=CBr)c1ccccc1. The molecule has 2 nitrogen and oxygen atoms in total. The molecule has 16 heavy (non-hydrogen) atoms. The molecule has 0 unspecified atom stereocenters. The average Bonchev–Trinajstić information content (AvgIpc) is 2.32. The van der Waals surface area contributed by atoms with E-state index in [0.29, 0.717) is 12.2 Å². The molecule has 0 bridgehead atoms. The van der Waals surface area contributed by atoms with Crippen LogP contribution in [0.25, 0.3) is 5.57 Å². The lowest BCUT2D eigenvalue weighted by Crippen LogP contribution is -2.07. The molecule has 0 saturated heterocycles. The number of benzene rings is 1. The summed E-state index contributed by atoms with van der Waals surface area (Å²) in [7, 11) is 0. The second-order valence-corrected chi connectivity index (χ2v) is 3.84. The highest BCUT2D eigenvalue weighted by Crippen LogP contribution is 2.17. The van der Waals surface area contributed by atoms with Gasteiger partial charge in [-0.3, -0.25) is 0 Å². The predicted octanol–water partition coefficient (Wildman–Crippen LogP) is 3.77. The smallest absolute Gasteiger partial charge is 0.339 e. The maximum Gasteiger partial charge on any atom is 0.339 e. The third kappa shape index (κ3) is 3.81. The van der Waals surface area contributed by atoms with E-state index >= 15 is 0 Å². The van der Waals surface area contributed by atoms with Gasteiger partial charge in [0, 0.05) is 0 Å². The maximum absolute atomic E-state index is 11.7. The lowest BCUT2D eigenvalue weighted by Gasteiger charge is -2.07. The van der Waals surface area contributed by atoms with Gasteiger partial charge >= 0.3 is 5.97 Å². The van der Waals surface area contributed by atoms with E-state index in [1.807, 2.05) is 30.3 Å². The fourth-order valence-corrected chi connectivity index (χ4v) is 1.68. The van der Waals surface area contributed by atoms with E-state index in [0.717, 1.165) is 18.4 Å². The minimum Gasteiger partial charge on any atom is -0.462 e. The Bertz CT molecular complexity index is 357. The molecule has 0 aliphatic heterocycles. The Balaban J connectivity index is 2.66. The van der Waals surface area contributed by atoms with Crippen molar-refractivity contribution in [3.63, 3.8) is 0 Å². The van der Waals surface area contributed by atoms with Crippen molar-refractivity contribution in [3.8, 4) is 0 Å². The van der Waals surface area contributed by atoms with Crippen LogP contribution < -0.4 is 0 Å². The van der Waals surface area contributed by atoms with Gasteiger partial charge < -0.3 is 4.74 Å². The zero-order valence-corrected chi connectivity index (χ0v) is 10.9. The van der Waals surface area contributed by atoms with Gasteiger partial charge in [0.1, 0.15) is 0 Å². The summed E-state index contributed by atoms with van der Waals surface area (Å²) < 4.78 is 5.15. The molecule has 0 saturated carbocycles. The summed E-state index contributed by atoms with van der Waals surface area (Å²) in [5.74, 6) is -0.281. The van der Waals surface area contributed by atoms with Crippen LogP contribution in [0.2, 0.25) is 0 Å². The first kappa shape index (κ1) is 13.0. The largest absolute Gasteiger partial charge is 0.462 e. The minimum absolute atomic E-state index is 0.281. The molecule has 0 atom stereocenters. The van der Waals surface area contributed by atoms with Crippen LogP contribution in [0.5, 0.6) is 0 Å². The maximum atomic E-state index is 11.7. The molecular formula is C13H15BrO2. The van der Waals surface area contributed by atoms with E-state index < -0.39 is 0 Å². The monoisotopic (exact) mass is 282 g/mol. The molecular weight excluding hydrogens is 268 g/mol. The summed E-state index contributed by atoms with van der Waals surface area (Å²) in [5, 5.41) is 0. The molecule has 0 radical (unpaired) electrons. The summed E-state index contributed by atoms with van der Waals surface area (Å²) in [5.41, 5.74) is 1.41. The van der Waals surface area contributed by atoms with Gasteiger partial charge in [-0.05, 0) is 17.0 Å². The highest BCUT2D eigenvalue weighted by atomic mass is 79.9. The second-order valence-electron chi connectivity index (χ2n) is 3.38. The van der Waals surface area contributed by atoms with Crippen LogP contribution in [0.15, 0.2) is 35.3 Å². The number of unbranched alkanes of at least 4 members (excludes halogenated alkanes) is 1. The van der Waals surface area contributed by atoms with Crippen LogP contribution in [0, 0.1) is 0 Å². The van der Waals surface area contributed by atoms with Crippen molar-refractivity contribution >= 4 is 27.5 Å². The molecule has 0 aliphatic rings. The summed E-state index contributed by atoms with van der Waals surface area (Å²) >= 11 is 3.20. The first-order valence-corrected chi connectivity index (χ1v) is 6.24. The van der Waals surface area contributed by atoms with Crippen LogP contribution in [-0.4, -0.2) is 12.6 Å². The number of carbonyl (C=O) groups excluding carboxylic acids is 1. The van der Waals surface area contributed by atoms with Crippen LogP contribution >= 0.6 is 15.9 Å². The third-order valence-corrected chi connectivity index (χ3v) is 2.60. The van der Waals surface area contributed by atoms with E-state index in [9.17, 15) is 4.79 Å². The van der Waals surface area contributed by atoms with Gasteiger partial charge in [0.15, 0.2) is 0 Å². The Morgan fingerprint density at radius 1 is 1.38 bits per heavy atom. The minimum atomic E-state index is -0.281. The van der Waals surface area contributed by atoms with E-state index in [4.69, 9.17) is 4.74 Å². The molecule has 0 N–H and O–H groups in total. The molecule has 0 spiro atoms. The molecule has 0 amide bonds. The average molecular weight is 283 g/mol. The molecule has 0 aromatic heterocycles. The normalized spacial score (nSPS) is 11.2. The standard InChI is InChI=1S/C13H15BrO2/c1-2-3-9-16-13(15)12(10-14)11-7-5-4-6-8-11/h4-8,10H,2-3,9H2,1H3. The summed E-state index contributed by atoms with van der Waals surface area (Å²) in [6.45, 7) is 2.54. The Hall–Kier alpha value is -1.09. The zero-order chi connectivity index (χ0) is 11.8. The van der Waals surface area contributed by atoms with Crippen molar-refractivity contribution in [1.82, 2.24) is 0 Å². The molecule has 0 fully saturated rings. The van der Waals surface area contributed by atoms with Gasteiger partial charge in [-0.25, -0.2) is 4.79 Å². The van der Waals surface area contributed by atoms with E-state index in [1.165, 1.54) is 0 Å². The van der Waals surface area contributed by atoms with Gasteiger partial charge in [-0.15, -0.1) is 0 Å². The Morgan fingerprint density at radius 3 is 2.62 bits per heavy atom.